The van der Waals surface area contributed by atoms with Gasteiger partial charge in [0, 0.05) is 12.3 Å². The zero-order valence-electron chi connectivity index (χ0n) is 13.4. The number of urea groups is 1. The second-order valence-corrected chi connectivity index (χ2v) is 6.04. The largest absolute Gasteiger partial charge is 0.507 e. The number of pyridine rings is 1. The van der Waals surface area contributed by atoms with Crippen LogP contribution in [0.15, 0.2) is 10.9 Å². The van der Waals surface area contributed by atoms with E-state index in [2.05, 4.69) is 0 Å². The molecule has 1 atom stereocenters. The highest BCUT2D eigenvalue weighted by Gasteiger charge is 2.54. The normalized spacial score (nSPS) is 22.6. The monoisotopic (exact) mass is 351 g/mol. The van der Waals surface area contributed by atoms with Crippen molar-refractivity contribution in [2.75, 3.05) is 6.61 Å². The van der Waals surface area contributed by atoms with E-state index < -0.39 is 40.3 Å². The highest BCUT2D eigenvalue weighted by molar-refractivity contribution is 6.21. The number of hydrogen-bond acceptors (Lipinski definition) is 7. The van der Waals surface area contributed by atoms with Gasteiger partial charge in [-0.25, -0.2) is 4.79 Å². The molecule has 3 rings (SSSR count). The Kier molecular flexibility index (Phi) is 4.09. The minimum atomic E-state index is -3.01. The number of nitrogens with one attached hydrogen (secondary N) is 2. The van der Waals surface area contributed by atoms with Gasteiger partial charge in [0.25, 0.3) is 23.0 Å². The molecule has 134 valence electrons. The first kappa shape index (κ1) is 17.1. The third kappa shape index (κ3) is 2.68. The van der Waals surface area contributed by atoms with Gasteiger partial charge in [0.1, 0.15) is 11.3 Å². The van der Waals surface area contributed by atoms with Crippen molar-refractivity contribution in [3.63, 3.8) is 0 Å². The molecule has 2 aliphatic rings. The molecule has 10 heteroatoms. The number of aliphatic hydroxyl groups is 1. The zero-order chi connectivity index (χ0) is 18.4. The molecule has 1 aromatic heterocycles. The first-order valence-electron chi connectivity index (χ1n) is 7.70. The molecule has 10 nitrogen and oxygen atoms in total. The van der Waals surface area contributed by atoms with Crippen LogP contribution in [0.2, 0.25) is 0 Å². The fourth-order valence-corrected chi connectivity index (χ4v) is 3.06. The number of hydrogen-bond donors (Lipinski definition) is 4. The molecule has 1 unspecified atom stereocenters. The van der Waals surface area contributed by atoms with Crippen LogP contribution in [0.4, 0.5) is 4.79 Å². The molecule has 0 aliphatic carbocycles. The van der Waals surface area contributed by atoms with Crippen LogP contribution in [0.5, 0.6) is 5.75 Å². The van der Waals surface area contributed by atoms with Crippen molar-refractivity contribution < 1.29 is 29.3 Å². The molecule has 0 aromatic carbocycles. The molecule has 3 heterocycles. The molecule has 1 aromatic rings. The summed E-state index contributed by atoms with van der Waals surface area (Å²) in [6.45, 7) is 2.28. The van der Waals surface area contributed by atoms with Crippen LogP contribution in [-0.2, 0) is 26.5 Å². The Morgan fingerprint density at radius 3 is 2.48 bits per heavy atom. The standard InChI is InChI=1S/C15H17N3O7/c1-7-5-9(19)10(11(20)18(7)6-8-3-2-4-25-8)15(24)12(21)16-14(23)17-13(15)22/h5,8,19,24H,2-4,6H2,1H3,(H2,16,17,21,22,23). The van der Waals surface area contributed by atoms with Gasteiger partial charge in [-0.2, -0.15) is 0 Å². The number of carbonyl (C=O) groups is 3. The van der Waals surface area contributed by atoms with E-state index in [4.69, 9.17) is 4.74 Å². The number of barbiturate groups is 1. The molecule has 0 radical (unpaired) electrons. The quantitative estimate of drug-likeness (QED) is 0.489. The summed E-state index contributed by atoms with van der Waals surface area (Å²) in [5.74, 6) is -3.52. The maximum absolute atomic E-state index is 12.8. The predicted octanol–water partition coefficient (Wildman–Crippen LogP) is -1.41. The van der Waals surface area contributed by atoms with Gasteiger partial charge in [-0.3, -0.25) is 25.0 Å². The zero-order valence-corrected chi connectivity index (χ0v) is 13.4. The van der Waals surface area contributed by atoms with Crippen LogP contribution < -0.4 is 16.2 Å². The fraction of sp³-hybridized carbons (Fsp3) is 0.467. The lowest BCUT2D eigenvalue weighted by molar-refractivity contribution is -0.156. The summed E-state index contributed by atoms with van der Waals surface area (Å²) in [5, 5.41) is 24.1. The summed E-state index contributed by atoms with van der Waals surface area (Å²) < 4.78 is 6.70. The average Bonchev–Trinajstić information content (AvgIpc) is 3.02. The van der Waals surface area contributed by atoms with E-state index >= 15 is 0 Å². The molecular formula is C15H17N3O7. The summed E-state index contributed by atoms with van der Waals surface area (Å²) in [4.78, 5) is 48.1. The third-order valence-corrected chi connectivity index (χ3v) is 4.37. The Balaban J connectivity index is 2.12. The van der Waals surface area contributed by atoms with E-state index in [9.17, 15) is 29.4 Å². The third-order valence-electron chi connectivity index (χ3n) is 4.37. The molecule has 0 saturated carbocycles. The number of aryl methyl sites for hydroxylation is 1. The van der Waals surface area contributed by atoms with Gasteiger partial charge in [0.05, 0.1) is 12.6 Å². The van der Waals surface area contributed by atoms with Gasteiger partial charge >= 0.3 is 6.03 Å². The minimum Gasteiger partial charge on any atom is -0.507 e. The number of amides is 4. The number of carbonyl (C=O) groups excluding carboxylic acids is 3. The molecule has 4 N–H and O–H groups in total. The Morgan fingerprint density at radius 1 is 1.28 bits per heavy atom. The Hall–Kier alpha value is -2.72. The molecule has 0 bridgehead atoms. The first-order chi connectivity index (χ1) is 11.7. The Labute approximate surface area is 141 Å². The van der Waals surface area contributed by atoms with Crippen molar-refractivity contribution in [2.24, 2.45) is 0 Å². The minimum absolute atomic E-state index is 0.149. The average molecular weight is 351 g/mol. The number of aromatic nitrogens is 1. The number of imide groups is 2. The summed E-state index contributed by atoms with van der Waals surface area (Å²) in [6, 6.07) is 0.0478. The number of rotatable bonds is 3. The summed E-state index contributed by atoms with van der Waals surface area (Å²) in [5.41, 5.74) is -4.35. The smallest absolute Gasteiger partial charge is 0.328 e. The topological polar surface area (TPSA) is 147 Å². The van der Waals surface area contributed by atoms with Crippen LogP contribution in [0.3, 0.4) is 0 Å². The van der Waals surface area contributed by atoms with Gasteiger partial charge in [-0.1, -0.05) is 0 Å². The molecular weight excluding hydrogens is 334 g/mol. The van der Waals surface area contributed by atoms with Crippen LogP contribution >= 0.6 is 0 Å². The van der Waals surface area contributed by atoms with E-state index in [1.54, 1.807) is 17.6 Å². The highest BCUT2D eigenvalue weighted by Crippen LogP contribution is 2.29. The Bertz CT molecular complexity index is 803. The molecule has 2 aliphatic heterocycles. The second-order valence-electron chi connectivity index (χ2n) is 6.04. The van der Waals surface area contributed by atoms with E-state index in [1.165, 1.54) is 10.6 Å². The van der Waals surface area contributed by atoms with Gasteiger partial charge < -0.3 is 19.5 Å². The lowest BCUT2D eigenvalue weighted by Crippen LogP contribution is -2.66. The summed E-state index contributed by atoms with van der Waals surface area (Å²) >= 11 is 0. The van der Waals surface area contributed by atoms with Gasteiger partial charge in [0.15, 0.2) is 0 Å². The van der Waals surface area contributed by atoms with E-state index in [0.29, 0.717) is 12.3 Å². The fourth-order valence-electron chi connectivity index (χ4n) is 3.06. The van der Waals surface area contributed by atoms with E-state index in [-0.39, 0.29) is 12.6 Å². The van der Waals surface area contributed by atoms with Gasteiger partial charge in [-0.05, 0) is 25.8 Å². The lowest BCUT2D eigenvalue weighted by atomic mass is 9.90. The SMILES string of the molecule is Cc1cc(O)c(C2(O)C(=O)NC(=O)NC2=O)c(=O)n1CC1CCCO1. The maximum Gasteiger partial charge on any atom is 0.328 e. The van der Waals surface area contributed by atoms with E-state index in [1.807, 2.05) is 0 Å². The maximum atomic E-state index is 12.8. The second kappa shape index (κ2) is 5.97. The lowest BCUT2D eigenvalue weighted by Gasteiger charge is -2.30. The van der Waals surface area contributed by atoms with Gasteiger partial charge in [0.2, 0.25) is 0 Å². The molecule has 2 fully saturated rings. The van der Waals surface area contributed by atoms with Crippen molar-refractivity contribution in [3.8, 4) is 5.75 Å². The molecule has 25 heavy (non-hydrogen) atoms. The highest BCUT2D eigenvalue weighted by atomic mass is 16.5. The number of nitrogens with zero attached hydrogens (tertiary/aromatic N) is 1. The van der Waals surface area contributed by atoms with Crippen molar-refractivity contribution >= 4 is 17.8 Å². The molecule has 4 amide bonds. The molecule has 2 saturated heterocycles. The van der Waals surface area contributed by atoms with Gasteiger partial charge in [-0.15, -0.1) is 0 Å². The number of aromatic hydroxyl groups is 1. The number of ether oxygens (including phenoxy) is 1. The molecule has 0 spiro atoms. The van der Waals surface area contributed by atoms with Crippen LogP contribution in [0, 0.1) is 6.92 Å². The first-order valence-corrected chi connectivity index (χ1v) is 7.70. The predicted molar refractivity (Wildman–Crippen MR) is 81.7 cm³/mol. The van der Waals surface area contributed by atoms with Crippen LogP contribution in [0.25, 0.3) is 0 Å². The summed E-state index contributed by atoms with van der Waals surface area (Å²) in [6.07, 6.45) is 1.36. The van der Waals surface area contributed by atoms with Crippen molar-refractivity contribution in [3.05, 3.63) is 27.7 Å². The summed E-state index contributed by atoms with van der Waals surface area (Å²) in [7, 11) is 0. The van der Waals surface area contributed by atoms with Crippen LogP contribution in [-0.4, -0.2) is 45.3 Å². The van der Waals surface area contributed by atoms with Crippen molar-refractivity contribution in [2.45, 2.75) is 38.0 Å². The van der Waals surface area contributed by atoms with Crippen LogP contribution in [0.1, 0.15) is 24.1 Å². The van der Waals surface area contributed by atoms with E-state index in [0.717, 1.165) is 12.8 Å². The van der Waals surface area contributed by atoms with Crippen molar-refractivity contribution in [1.82, 2.24) is 15.2 Å². The van der Waals surface area contributed by atoms with Crippen molar-refractivity contribution in [1.29, 1.82) is 0 Å². The Morgan fingerprint density at radius 2 is 1.92 bits per heavy atom.